The predicted molar refractivity (Wildman–Crippen MR) is 79.9 cm³/mol. The highest BCUT2D eigenvalue weighted by Crippen LogP contribution is 2.27. The van der Waals surface area contributed by atoms with Crippen molar-refractivity contribution in [3.8, 4) is 5.75 Å². The van der Waals surface area contributed by atoms with Gasteiger partial charge < -0.3 is 15.0 Å². The van der Waals surface area contributed by atoms with E-state index in [0.29, 0.717) is 0 Å². The van der Waals surface area contributed by atoms with Gasteiger partial charge in [-0.2, -0.15) is 0 Å². The number of hydrogen-bond acceptors (Lipinski definition) is 3. The molecule has 0 amide bonds. The van der Waals surface area contributed by atoms with Crippen LogP contribution in [0.5, 0.6) is 5.75 Å². The molecule has 0 aliphatic carbocycles. The van der Waals surface area contributed by atoms with Crippen molar-refractivity contribution in [3.05, 3.63) is 29.8 Å². The monoisotopic (exact) mass is 262 g/mol. The molecule has 1 fully saturated rings. The average Bonchev–Trinajstić information content (AvgIpc) is 2.51. The molecule has 106 valence electrons. The molecule has 1 heterocycles. The third kappa shape index (κ3) is 3.71. The van der Waals surface area contributed by atoms with E-state index < -0.39 is 0 Å². The van der Waals surface area contributed by atoms with Crippen LogP contribution < -0.4 is 10.1 Å². The van der Waals surface area contributed by atoms with Gasteiger partial charge in [-0.25, -0.2) is 0 Å². The molecule has 1 aliphatic heterocycles. The van der Waals surface area contributed by atoms with Crippen LogP contribution in [0.25, 0.3) is 0 Å². The first-order valence-corrected chi connectivity index (χ1v) is 7.16. The molecule has 19 heavy (non-hydrogen) atoms. The molecule has 1 aromatic rings. The third-order valence-corrected chi connectivity index (χ3v) is 3.73. The van der Waals surface area contributed by atoms with Crippen molar-refractivity contribution >= 4 is 0 Å². The molecule has 0 bridgehead atoms. The van der Waals surface area contributed by atoms with Crippen LogP contribution in [-0.2, 0) is 5.41 Å². The summed E-state index contributed by atoms with van der Waals surface area (Å²) in [5.74, 6) is 0.956. The molecular weight excluding hydrogens is 236 g/mol. The molecule has 1 N–H and O–H groups in total. The van der Waals surface area contributed by atoms with Crippen molar-refractivity contribution in [3.63, 3.8) is 0 Å². The van der Waals surface area contributed by atoms with E-state index >= 15 is 0 Å². The van der Waals surface area contributed by atoms with E-state index in [-0.39, 0.29) is 11.5 Å². The maximum absolute atomic E-state index is 5.71. The fourth-order valence-corrected chi connectivity index (χ4v) is 2.77. The molecule has 0 aromatic heterocycles. The Hall–Kier alpha value is -1.06. The SMILES string of the molecule is CC(C)Oc1ccc(C2(C)CNCCN(C)C2)cc1. The molecule has 0 spiro atoms. The predicted octanol–water partition coefficient (Wildman–Crippen LogP) is 2.27. The first-order valence-electron chi connectivity index (χ1n) is 7.16. The van der Waals surface area contributed by atoms with Crippen LogP contribution in [0.3, 0.4) is 0 Å². The summed E-state index contributed by atoms with van der Waals surface area (Å²) in [5, 5.41) is 3.54. The molecule has 1 atom stereocenters. The summed E-state index contributed by atoms with van der Waals surface area (Å²) in [7, 11) is 2.20. The van der Waals surface area contributed by atoms with Crippen molar-refractivity contribution in [1.82, 2.24) is 10.2 Å². The molecule has 3 heteroatoms. The van der Waals surface area contributed by atoms with Crippen LogP contribution in [0.2, 0.25) is 0 Å². The summed E-state index contributed by atoms with van der Waals surface area (Å²) in [5.41, 5.74) is 1.55. The first kappa shape index (κ1) is 14.4. The van der Waals surface area contributed by atoms with Crippen molar-refractivity contribution < 1.29 is 4.74 Å². The smallest absolute Gasteiger partial charge is 0.119 e. The van der Waals surface area contributed by atoms with Crippen molar-refractivity contribution in [1.29, 1.82) is 0 Å². The molecule has 0 radical (unpaired) electrons. The van der Waals surface area contributed by atoms with Crippen LogP contribution in [0.15, 0.2) is 24.3 Å². The minimum Gasteiger partial charge on any atom is -0.491 e. The maximum atomic E-state index is 5.71. The quantitative estimate of drug-likeness (QED) is 0.904. The molecule has 2 rings (SSSR count). The standard InChI is InChI=1S/C16H26N2O/c1-13(2)19-15-7-5-14(6-8-15)16(3)11-17-9-10-18(4)12-16/h5-8,13,17H,9-12H2,1-4H3. The lowest BCUT2D eigenvalue weighted by Crippen LogP contribution is -2.39. The summed E-state index contributed by atoms with van der Waals surface area (Å²) in [6.07, 6.45) is 0.229. The minimum absolute atomic E-state index is 0.168. The van der Waals surface area contributed by atoms with Gasteiger partial charge in [0.25, 0.3) is 0 Å². The number of nitrogens with zero attached hydrogens (tertiary/aromatic N) is 1. The van der Waals surface area contributed by atoms with E-state index in [1.807, 2.05) is 0 Å². The lowest BCUT2D eigenvalue weighted by molar-refractivity contribution is 0.242. The Labute approximate surface area is 116 Å². The Balaban J connectivity index is 2.15. The molecule has 1 aromatic carbocycles. The minimum atomic E-state index is 0.168. The Morgan fingerprint density at radius 3 is 2.58 bits per heavy atom. The van der Waals surface area contributed by atoms with Gasteiger partial charge in [-0.15, -0.1) is 0 Å². The molecule has 1 aliphatic rings. The number of ether oxygens (including phenoxy) is 1. The lowest BCUT2D eigenvalue weighted by atomic mass is 9.82. The van der Waals surface area contributed by atoms with Crippen molar-refractivity contribution in [2.24, 2.45) is 0 Å². The summed E-state index contributed by atoms with van der Waals surface area (Å²) < 4.78 is 5.71. The van der Waals surface area contributed by atoms with Gasteiger partial charge in [0.05, 0.1) is 6.10 Å². The second kappa shape index (κ2) is 5.93. The first-order chi connectivity index (χ1) is 8.99. The van der Waals surface area contributed by atoms with Crippen LogP contribution in [-0.4, -0.2) is 44.2 Å². The van der Waals surface area contributed by atoms with Crippen molar-refractivity contribution in [2.45, 2.75) is 32.3 Å². The van der Waals surface area contributed by atoms with E-state index in [1.54, 1.807) is 0 Å². The van der Waals surface area contributed by atoms with Gasteiger partial charge in [0.15, 0.2) is 0 Å². The second-order valence-corrected chi connectivity index (χ2v) is 6.17. The summed E-state index contributed by atoms with van der Waals surface area (Å²) in [6, 6.07) is 8.59. The van der Waals surface area contributed by atoms with Crippen LogP contribution in [0.1, 0.15) is 26.3 Å². The summed E-state index contributed by atoms with van der Waals surface area (Å²) in [6.45, 7) is 10.7. The fraction of sp³-hybridized carbons (Fsp3) is 0.625. The highest BCUT2D eigenvalue weighted by Gasteiger charge is 2.29. The topological polar surface area (TPSA) is 24.5 Å². The van der Waals surface area contributed by atoms with Gasteiger partial charge in [-0.3, -0.25) is 0 Å². The number of hydrogen-bond donors (Lipinski definition) is 1. The maximum Gasteiger partial charge on any atom is 0.119 e. The zero-order valence-corrected chi connectivity index (χ0v) is 12.6. The number of likely N-dealkylation sites (N-methyl/N-ethyl adjacent to an activating group) is 1. The molecule has 0 saturated carbocycles. The van der Waals surface area contributed by atoms with Gasteiger partial charge >= 0.3 is 0 Å². The lowest BCUT2D eigenvalue weighted by Gasteiger charge is -2.31. The van der Waals surface area contributed by atoms with E-state index in [0.717, 1.165) is 31.9 Å². The Kier molecular flexibility index (Phi) is 4.48. The fourth-order valence-electron chi connectivity index (χ4n) is 2.77. The van der Waals surface area contributed by atoms with Crippen LogP contribution in [0, 0.1) is 0 Å². The Morgan fingerprint density at radius 1 is 1.26 bits per heavy atom. The number of nitrogens with one attached hydrogen (secondary N) is 1. The van der Waals surface area contributed by atoms with Crippen LogP contribution >= 0.6 is 0 Å². The molecular formula is C16H26N2O. The van der Waals surface area contributed by atoms with E-state index in [4.69, 9.17) is 4.74 Å². The normalized spacial score (nSPS) is 25.3. The number of benzene rings is 1. The molecule has 3 nitrogen and oxygen atoms in total. The summed E-state index contributed by atoms with van der Waals surface area (Å²) >= 11 is 0. The van der Waals surface area contributed by atoms with Gasteiger partial charge in [0.2, 0.25) is 0 Å². The molecule has 1 saturated heterocycles. The van der Waals surface area contributed by atoms with E-state index in [9.17, 15) is 0 Å². The Morgan fingerprint density at radius 2 is 1.95 bits per heavy atom. The zero-order chi connectivity index (χ0) is 13.9. The van der Waals surface area contributed by atoms with Crippen molar-refractivity contribution in [2.75, 3.05) is 33.2 Å². The second-order valence-electron chi connectivity index (χ2n) is 6.17. The van der Waals surface area contributed by atoms with Crippen LogP contribution in [0.4, 0.5) is 0 Å². The Bertz CT molecular complexity index is 402. The van der Waals surface area contributed by atoms with E-state index in [1.165, 1.54) is 5.56 Å². The third-order valence-electron chi connectivity index (χ3n) is 3.73. The highest BCUT2D eigenvalue weighted by molar-refractivity contribution is 5.33. The summed E-state index contributed by atoms with van der Waals surface area (Å²) in [4.78, 5) is 2.40. The van der Waals surface area contributed by atoms with Gasteiger partial charge in [-0.05, 0) is 38.6 Å². The largest absolute Gasteiger partial charge is 0.491 e. The number of rotatable bonds is 3. The van der Waals surface area contributed by atoms with E-state index in [2.05, 4.69) is 62.3 Å². The molecule has 1 unspecified atom stereocenters. The highest BCUT2D eigenvalue weighted by atomic mass is 16.5. The van der Waals surface area contributed by atoms with Gasteiger partial charge in [-0.1, -0.05) is 19.1 Å². The van der Waals surface area contributed by atoms with Gasteiger partial charge in [0.1, 0.15) is 5.75 Å². The average molecular weight is 262 g/mol. The zero-order valence-electron chi connectivity index (χ0n) is 12.6. The van der Waals surface area contributed by atoms with Gasteiger partial charge in [0, 0.05) is 31.6 Å².